The lowest BCUT2D eigenvalue weighted by atomic mass is 10.2. The first-order chi connectivity index (χ1) is 6.79. The van der Waals surface area contributed by atoms with Crippen molar-refractivity contribution in [1.82, 2.24) is 4.90 Å². The Kier molecular flexibility index (Phi) is 4.86. The van der Waals surface area contributed by atoms with Crippen molar-refractivity contribution in [3.63, 3.8) is 0 Å². The second-order valence-corrected chi connectivity index (χ2v) is 3.25. The Morgan fingerprint density at radius 1 is 1.71 bits per heavy atom. The monoisotopic (exact) mass is 202 g/mol. The lowest BCUT2D eigenvalue weighted by Crippen LogP contribution is -2.49. The standard InChI is InChI=1S/C9H18N2O3/c1-13-6-4-11-5-7-14-8(2-3-10)9(11)12/h8H,2-7,10H2,1H3. The van der Waals surface area contributed by atoms with Crippen LogP contribution in [-0.4, -0.2) is 56.9 Å². The smallest absolute Gasteiger partial charge is 0.251 e. The maximum absolute atomic E-state index is 11.7. The predicted molar refractivity (Wildman–Crippen MR) is 51.9 cm³/mol. The number of morpholine rings is 1. The van der Waals surface area contributed by atoms with Gasteiger partial charge in [-0.25, -0.2) is 0 Å². The van der Waals surface area contributed by atoms with E-state index in [0.29, 0.717) is 39.3 Å². The molecule has 1 atom stereocenters. The van der Waals surface area contributed by atoms with Crippen molar-refractivity contribution in [2.45, 2.75) is 12.5 Å². The molecule has 0 aliphatic carbocycles. The highest BCUT2D eigenvalue weighted by Crippen LogP contribution is 2.09. The number of hydrogen-bond donors (Lipinski definition) is 1. The zero-order valence-electron chi connectivity index (χ0n) is 8.57. The molecule has 0 aromatic rings. The van der Waals surface area contributed by atoms with E-state index in [2.05, 4.69) is 0 Å². The van der Waals surface area contributed by atoms with Crippen LogP contribution in [0.4, 0.5) is 0 Å². The minimum atomic E-state index is -0.342. The van der Waals surface area contributed by atoms with Crippen LogP contribution >= 0.6 is 0 Å². The maximum Gasteiger partial charge on any atom is 0.251 e. The molecule has 1 amide bonds. The van der Waals surface area contributed by atoms with Crippen LogP contribution in [0.5, 0.6) is 0 Å². The van der Waals surface area contributed by atoms with Gasteiger partial charge < -0.3 is 20.1 Å². The van der Waals surface area contributed by atoms with Crippen LogP contribution in [0.2, 0.25) is 0 Å². The largest absolute Gasteiger partial charge is 0.383 e. The second-order valence-electron chi connectivity index (χ2n) is 3.25. The van der Waals surface area contributed by atoms with Gasteiger partial charge in [0.2, 0.25) is 0 Å². The Bertz CT molecular complexity index is 185. The van der Waals surface area contributed by atoms with Gasteiger partial charge in [0.25, 0.3) is 5.91 Å². The Morgan fingerprint density at radius 3 is 3.14 bits per heavy atom. The van der Waals surface area contributed by atoms with Crippen molar-refractivity contribution in [3.05, 3.63) is 0 Å². The SMILES string of the molecule is COCCN1CCOC(CCN)C1=O. The molecule has 0 aromatic heterocycles. The summed E-state index contributed by atoms with van der Waals surface area (Å²) in [4.78, 5) is 13.5. The van der Waals surface area contributed by atoms with E-state index in [-0.39, 0.29) is 12.0 Å². The molecule has 0 saturated carbocycles. The van der Waals surface area contributed by atoms with E-state index in [9.17, 15) is 4.79 Å². The van der Waals surface area contributed by atoms with Crippen molar-refractivity contribution in [3.8, 4) is 0 Å². The average molecular weight is 202 g/mol. The quantitative estimate of drug-likeness (QED) is 0.634. The van der Waals surface area contributed by atoms with Gasteiger partial charge in [-0.15, -0.1) is 0 Å². The number of ether oxygens (including phenoxy) is 2. The topological polar surface area (TPSA) is 64.8 Å². The number of amides is 1. The first-order valence-corrected chi connectivity index (χ1v) is 4.89. The van der Waals surface area contributed by atoms with Gasteiger partial charge in [0.15, 0.2) is 0 Å². The molecule has 2 N–H and O–H groups in total. The average Bonchev–Trinajstić information content (AvgIpc) is 2.20. The zero-order chi connectivity index (χ0) is 10.4. The highest BCUT2D eigenvalue weighted by atomic mass is 16.5. The lowest BCUT2D eigenvalue weighted by molar-refractivity contribution is -0.153. The summed E-state index contributed by atoms with van der Waals surface area (Å²) in [5.41, 5.74) is 5.39. The summed E-state index contributed by atoms with van der Waals surface area (Å²) in [7, 11) is 1.63. The van der Waals surface area contributed by atoms with Crippen LogP contribution in [0.3, 0.4) is 0 Å². The van der Waals surface area contributed by atoms with Crippen molar-refractivity contribution < 1.29 is 14.3 Å². The summed E-state index contributed by atoms with van der Waals surface area (Å²) in [5, 5.41) is 0. The molecule has 1 aliphatic heterocycles. The minimum Gasteiger partial charge on any atom is -0.383 e. The fourth-order valence-electron chi connectivity index (χ4n) is 1.47. The molecule has 14 heavy (non-hydrogen) atoms. The Hall–Kier alpha value is -0.650. The number of nitrogens with two attached hydrogens (primary N) is 1. The van der Waals surface area contributed by atoms with Crippen molar-refractivity contribution in [1.29, 1.82) is 0 Å². The summed E-state index contributed by atoms with van der Waals surface area (Å²) in [6, 6.07) is 0. The molecular weight excluding hydrogens is 184 g/mol. The normalized spacial score (nSPS) is 22.9. The number of rotatable bonds is 5. The van der Waals surface area contributed by atoms with Gasteiger partial charge in [0.1, 0.15) is 6.10 Å². The molecule has 1 saturated heterocycles. The molecule has 1 aliphatic rings. The molecule has 0 spiro atoms. The number of hydrogen-bond acceptors (Lipinski definition) is 4. The van der Waals surface area contributed by atoms with Crippen LogP contribution in [-0.2, 0) is 14.3 Å². The number of nitrogens with zero attached hydrogens (tertiary/aromatic N) is 1. The number of carbonyl (C=O) groups is 1. The highest BCUT2D eigenvalue weighted by Gasteiger charge is 2.28. The van der Waals surface area contributed by atoms with Crippen molar-refractivity contribution in [2.24, 2.45) is 5.73 Å². The van der Waals surface area contributed by atoms with E-state index >= 15 is 0 Å². The summed E-state index contributed by atoms with van der Waals surface area (Å²) in [6.45, 7) is 2.94. The first-order valence-electron chi connectivity index (χ1n) is 4.89. The Morgan fingerprint density at radius 2 is 2.50 bits per heavy atom. The van der Waals surface area contributed by atoms with E-state index in [1.54, 1.807) is 12.0 Å². The van der Waals surface area contributed by atoms with Crippen LogP contribution in [0.1, 0.15) is 6.42 Å². The molecule has 0 aromatic carbocycles. The van der Waals surface area contributed by atoms with E-state index in [1.165, 1.54) is 0 Å². The van der Waals surface area contributed by atoms with E-state index < -0.39 is 0 Å². The molecule has 1 fully saturated rings. The third-order valence-corrected chi connectivity index (χ3v) is 2.26. The summed E-state index contributed by atoms with van der Waals surface area (Å²) >= 11 is 0. The number of methoxy groups -OCH3 is 1. The Labute approximate surface area is 84.1 Å². The van der Waals surface area contributed by atoms with Gasteiger partial charge >= 0.3 is 0 Å². The van der Waals surface area contributed by atoms with Gasteiger partial charge in [-0.1, -0.05) is 0 Å². The van der Waals surface area contributed by atoms with Crippen molar-refractivity contribution >= 4 is 5.91 Å². The van der Waals surface area contributed by atoms with E-state index in [1.807, 2.05) is 0 Å². The maximum atomic E-state index is 11.7. The molecule has 82 valence electrons. The van der Waals surface area contributed by atoms with E-state index in [0.717, 1.165) is 0 Å². The second kappa shape index (κ2) is 5.95. The summed E-state index contributed by atoms with van der Waals surface area (Å²) in [5.74, 6) is 0.0405. The van der Waals surface area contributed by atoms with Crippen LogP contribution in [0, 0.1) is 0 Å². The minimum absolute atomic E-state index is 0.0405. The van der Waals surface area contributed by atoms with Gasteiger partial charge in [0, 0.05) is 20.2 Å². The third kappa shape index (κ3) is 2.94. The van der Waals surface area contributed by atoms with Crippen LogP contribution in [0.25, 0.3) is 0 Å². The van der Waals surface area contributed by atoms with Gasteiger partial charge in [-0.05, 0) is 13.0 Å². The molecule has 1 unspecified atom stereocenters. The van der Waals surface area contributed by atoms with Gasteiger partial charge in [0.05, 0.1) is 13.2 Å². The molecular formula is C9H18N2O3. The molecule has 0 radical (unpaired) electrons. The lowest BCUT2D eigenvalue weighted by Gasteiger charge is -2.32. The van der Waals surface area contributed by atoms with Gasteiger partial charge in [-0.3, -0.25) is 4.79 Å². The summed E-state index contributed by atoms with van der Waals surface area (Å²) < 4.78 is 10.3. The summed E-state index contributed by atoms with van der Waals surface area (Å²) in [6.07, 6.45) is 0.257. The molecule has 1 rings (SSSR count). The molecule has 5 heteroatoms. The molecule has 1 heterocycles. The molecule has 5 nitrogen and oxygen atoms in total. The van der Waals surface area contributed by atoms with Crippen molar-refractivity contribution in [2.75, 3.05) is 40.0 Å². The van der Waals surface area contributed by atoms with E-state index in [4.69, 9.17) is 15.2 Å². The number of carbonyl (C=O) groups excluding carboxylic acids is 1. The fourth-order valence-corrected chi connectivity index (χ4v) is 1.47. The fraction of sp³-hybridized carbons (Fsp3) is 0.889. The molecule has 0 bridgehead atoms. The third-order valence-electron chi connectivity index (χ3n) is 2.26. The first kappa shape index (κ1) is 11.4. The zero-order valence-corrected chi connectivity index (χ0v) is 8.57. The van der Waals surface area contributed by atoms with Crippen LogP contribution in [0.15, 0.2) is 0 Å². The van der Waals surface area contributed by atoms with Crippen LogP contribution < -0.4 is 5.73 Å². The predicted octanol–water partition coefficient (Wildman–Crippen LogP) is -0.791. The Balaban J connectivity index is 2.40. The van der Waals surface area contributed by atoms with Gasteiger partial charge in [-0.2, -0.15) is 0 Å². The highest BCUT2D eigenvalue weighted by molar-refractivity contribution is 5.81.